The molecule has 0 spiro atoms. The Hall–Kier alpha value is -0.600. The van der Waals surface area contributed by atoms with Gasteiger partial charge in [-0.15, -0.1) is 0 Å². The fraction of sp³-hybridized carbons (Fsp3) is 1.00. The molecule has 0 saturated heterocycles. The van der Waals surface area contributed by atoms with Crippen molar-refractivity contribution in [2.45, 2.75) is 101 Å². The lowest BCUT2D eigenvalue weighted by Gasteiger charge is -2.43. The molecule has 0 aromatic carbocycles. The lowest BCUT2D eigenvalue weighted by Crippen LogP contribution is -2.52. The minimum atomic E-state index is -4.29. The molecule has 3 aliphatic rings. The van der Waals surface area contributed by atoms with Gasteiger partial charge < -0.3 is 4.74 Å². The average molecular weight is 422 g/mol. The number of alkyl halides is 8. The van der Waals surface area contributed by atoms with Crippen LogP contribution in [0.1, 0.15) is 51.4 Å². The molecule has 164 valence electrons. The molecular formula is C19H26F8O. The van der Waals surface area contributed by atoms with Crippen LogP contribution in [-0.2, 0) is 4.74 Å². The maximum absolute atomic E-state index is 14.6. The molecule has 0 aromatic heterocycles. The second-order valence-electron chi connectivity index (χ2n) is 8.52. The summed E-state index contributed by atoms with van der Waals surface area (Å²) in [7, 11) is 0. The van der Waals surface area contributed by atoms with Gasteiger partial charge in [0.05, 0.1) is 6.10 Å². The Labute approximate surface area is 159 Å². The van der Waals surface area contributed by atoms with Crippen molar-refractivity contribution >= 4 is 0 Å². The normalized spacial score (nSPS) is 48.4. The smallest absolute Gasteiger partial charge is 0.317 e. The maximum atomic E-state index is 14.6. The minimum Gasteiger partial charge on any atom is -0.317 e. The molecule has 0 heterocycles. The van der Waals surface area contributed by atoms with Crippen molar-refractivity contribution in [1.29, 1.82) is 0 Å². The Morgan fingerprint density at radius 1 is 0.607 bits per heavy atom. The number of rotatable bonds is 4. The predicted octanol–water partition coefficient (Wildman–Crippen LogP) is 6.00. The van der Waals surface area contributed by atoms with E-state index in [1.54, 1.807) is 0 Å². The van der Waals surface area contributed by atoms with Crippen LogP contribution in [-0.4, -0.2) is 49.2 Å². The van der Waals surface area contributed by atoms with Gasteiger partial charge >= 0.3 is 6.11 Å². The second-order valence-corrected chi connectivity index (χ2v) is 8.52. The molecule has 4 unspecified atom stereocenters. The lowest BCUT2D eigenvalue weighted by molar-refractivity contribution is -0.323. The standard InChI is InChI=1S/C19H26F8O/c20-10-3-1-9(2-4-10)17-13(22)7-12(8-14(17)23)28-19(26,27)18-15(24)5-11(21)6-16(18)25/h9-18H,1-8H2. The van der Waals surface area contributed by atoms with Gasteiger partial charge in [0.1, 0.15) is 42.9 Å². The highest BCUT2D eigenvalue weighted by Gasteiger charge is 2.56. The van der Waals surface area contributed by atoms with Gasteiger partial charge in [0.2, 0.25) is 0 Å². The largest absolute Gasteiger partial charge is 0.364 e. The van der Waals surface area contributed by atoms with E-state index in [1.807, 2.05) is 0 Å². The van der Waals surface area contributed by atoms with E-state index < -0.39 is 86.8 Å². The van der Waals surface area contributed by atoms with Crippen LogP contribution >= 0.6 is 0 Å². The summed E-state index contributed by atoms with van der Waals surface area (Å²) in [6.07, 6.45) is -18.6. The molecule has 0 radical (unpaired) electrons. The van der Waals surface area contributed by atoms with Crippen molar-refractivity contribution in [1.82, 2.24) is 0 Å². The fourth-order valence-corrected chi connectivity index (χ4v) is 5.12. The lowest BCUT2D eigenvalue weighted by atomic mass is 9.70. The molecule has 3 rings (SSSR count). The van der Waals surface area contributed by atoms with E-state index in [-0.39, 0.29) is 18.8 Å². The zero-order valence-corrected chi connectivity index (χ0v) is 15.4. The highest BCUT2D eigenvalue weighted by atomic mass is 19.3. The van der Waals surface area contributed by atoms with Crippen LogP contribution in [0, 0.1) is 17.8 Å². The van der Waals surface area contributed by atoms with Crippen molar-refractivity contribution in [2.24, 2.45) is 17.8 Å². The summed E-state index contributed by atoms with van der Waals surface area (Å²) in [5.74, 6) is -3.86. The van der Waals surface area contributed by atoms with Crippen LogP contribution in [0.15, 0.2) is 0 Å². The van der Waals surface area contributed by atoms with E-state index >= 15 is 0 Å². The Bertz CT molecular complexity index is 488. The van der Waals surface area contributed by atoms with Gasteiger partial charge in [-0.1, -0.05) is 0 Å². The summed E-state index contributed by atoms with van der Waals surface area (Å²) < 4.78 is 117. The molecule has 28 heavy (non-hydrogen) atoms. The number of hydrogen-bond acceptors (Lipinski definition) is 1. The Morgan fingerprint density at radius 3 is 1.61 bits per heavy atom. The Balaban J connectivity index is 1.61. The van der Waals surface area contributed by atoms with Crippen LogP contribution < -0.4 is 0 Å². The first-order valence-corrected chi connectivity index (χ1v) is 9.98. The minimum absolute atomic E-state index is 0.228. The monoisotopic (exact) mass is 422 g/mol. The molecule has 9 heteroatoms. The third-order valence-corrected chi connectivity index (χ3v) is 6.51. The van der Waals surface area contributed by atoms with E-state index in [1.165, 1.54) is 0 Å². The average Bonchev–Trinajstić information content (AvgIpc) is 2.54. The van der Waals surface area contributed by atoms with Crippen molar-refractivity contribution in [3.8, 4) is 0 Å². The molecule has 1 nitrogen and oxygen atoms in total. The number of hydrogen-bond donors (Lipinski definition) is 0. The van der Waals surface area contributed by atoms with Crippen molar-refractivity contribution in [2.75, 3.05) is 0 Å². The molecule has 0 N–H and O–H groups in total. The summed E-state index contributed by atoms with van der Waals surface area (Å²) in [4.78, 5) is 0. The predicted molar refractivity (Wildman–Crippen MR) is 86.6 cm³/mol. The van der Waals surface area contributed by atoms with E-state index in [9.17, 15) is 35.1 Å². The van der Waals surface area contributed by atoms with E-state index in [4.69, 9.17) is 0 Å². The van der Waals surface area contributed by atoms with Gasteiger partial charge in [-0.05, 0) is 31.6 Å². The van der Waals surface area contributed by atoms with Crippen molar-refractivity contribution in [3.05, 3.63) is 0 Å². The molecule has 3 fully saturated rings. The van der Waals surface area contributed by atoms with E-state index in [0.29, 0.717) is 12.8 Å². The first kappa shape index (κ1) is 22.1. The van der Waals surface area contributed by atoms with Crippen molar-refractivity contribution in [3.63, 3.8) is 0 Å². The van der Waals surface area contributed by atoms with E-state index in [2.05, 4.69) is 4.74 Å². The summed E-state index contributed by atoms with van der Waals surface area (Å²) in [5.41, 5.74) is 0. The topological polar surface area (TPSA) is 9.23 Å². The van der Waals surface area contributed by atoms with Crippen molar-refractivity contribution < 1.29 is 39.9 Å². The maximum Gasteiger partial charge on any atom is 0.364 e. The van der Waals surface area contributed by atoms with Gasteiger partial charge in [-0.2, -0.15) is 8.78 Å². The third kappa shape index (κ3) is 4.75. The first-order valence-electron chi connectivity index (χ1n) is 9.98. The molecule has 0 aliphatic heterocycles. The quantitative estimate of drug-likeness (QED) is 0.505. The van der Waals surface area contributed by atoms with Crippen LogP contribution in [0.25, 0.3) is 0 Å². The number of halogens is 8. The fourth-order valence-electron chi connectivity index (χ4n) is 5.12. The second kappa shape index (κ2) is 8.64. The SMILES string of the molecule is FC1CCC(C2C(F)CC(OC(F)(F)C3C(F)CC(F)CC3F)CC2F)CC1. The molecule has 3 saturated carbocycles. The molecular weight excluding hydrogens is 396 g/mol. The third-order valence-electron chi connectivity index (χ3n) is 6.51. The van der Waals surface area contributed by atoms with Gasteiger partial charge in [0.15, 0.2) is 0 Å². The van der Waals surface area contributed by atoms with Gasteiger partial charge in [-0.3, -0.25) is 0 Å². The van der Waals surface area contributed by atoms with Gasteiger partial charge in [-0.25, -0.2) is 26.3 Å². The summed E-state index contributed by atoms with van der Waals surface area (Å²) in [5, 5.41) is 0. The summed E-state index contributed by atoms with van der Waals surface area (Å²) in [6.45, 7) is 0. The molecule has 0 bridgehead atoms. The first-order chi connectivity index (χ1) is 13.1. The van der Waals surface area contributed by atoms with Crippen LogP contribution in [0.2, 0.25) is 0 Å². The summed E-state index contributed by atoms with van der Waals surface area (Å²) in [6, 6.07) is 0. The Kier molecular flexibility index (Phi) is 6.82. The summed E-state index contributed by atoms with van der Waals surface area (Å²) >= 11 is 0. The van der Waals surface area contributed by atoms with Crippen LogP contribution in [0.3, 0.4) is 0 Å². The van der Waals surface area contributed by atoms with E-state index in [0.717, 1.165) is 0 Å². The van der Waals surface area contributed by atoms with Crippen LogP contribution in [0.4, 0.5) is 35.1 Å². The zero-order chi connectivity index (χ0) is 20.6. The van der Waals surface area contributed by atoms with Gasteiger partial charge in [0.25, 0.3) is 0 Å². The highest BCUT2D eigenvalue weighted by molar-refractivity contribution is 4.95. The van der Waals surface area contributed by atoms with Gasteiger partial charge in [0, 0.05) is 31.6 Å². The molecule has 3 aliphatic carbocycles. The molecule has 0 aromatic rings. The number of ether oxygens (including phenoxy) is 1. The Morgan fingerprint density at radius 2 is 1.11 bits per heavy atom. The highest BCUT2D eigenvalue weighted by Crippen LogP contribution is 2.46. The molecule has 4 atom stereocenters. The zero-order valence-electron chi connectivity index (χ0n) is 15.4. The molecule has 0 amide bonds. The van der Waals surface area contributed by atoms with Crippen LogP contribution in [0.5, 0.6) is 0 Å².